The lowest BCUT2D eigenvalue weighted by molar-refractivity contribution is -0.119. The Balaban J connectivity index is 1.96. The molecule has 2 atom stereocenters. The van der Waals surface area contributed by atoms with E-state index in [0.29, 0.717) is 11.5 Å². The number of esters is 1. The van der Waals surface area contributed by atoms with Crippen molar-refractivity contribution in [3.8, 4) is 0 Å². The van der Waals surface area contributed by atoms with E-state index in [2.05, 4.69) is 17.0 Å². The molecule has 1 aliphatic rings. The van der Waals surface area contributed by atoms with Gasteiger partial charge < -0.3 is 10.1 Å². The topological polar surface area (TPSA) is 55.4 Å². The average molecular weight is 261 g/mol. The quantitative estimate of drug-likeness (QED) is 0.851. The van der Waals surface area contributed by atoms with Crippen LogP contribution in [0.15, 0.2) is 24.3 Å². The number of hydrogen-bond donors (Lipinski definition) is 1. The van der Waals surface area contributed by atoms with E-state index in [9.17, 15) is 9.59 Å². The second-order valence-electron chi connectivity index (χ2n) is 5.17. The predicted molar refractivity (Wildman–Crippen MR) is 72.9 cm³/mol. The summed E-state index contributed by atoms with van der Waals surface area (Å²) in [6.45, 7) is 2.18. The Bertz CT molecular complexity index is 467. The van der Waals surface area contributed by atoms with E-state index >= 15 is 0 Å². The fourth-order valence-electron chi connectivity index (χ4n) is 2.50. The van der Waals surface area contributed by atoms with Crippen molar-refractivity contribution in [3.63, 3.8) is 0 Å². The Morgan fingerprint density at radius 2 is 1.89 bits per heavy atom. The van der Waals surface area contributed by atoms with Gasteiger partial charge in [0.15, 0.2) is 0 Å². The number of ether oxygens (including phenoxy) is 1. The number of benzene rings is 1. The molecule has 1 saturated carbocycles. The van der Waals surface area contributed by atoms with Gasteiger partial charge in [-0.1, -0.05) is 6.92 Å². The monoisotopic (exact) mass is 261 g/mol. The van der Waals surface area contributed by atoms with Crippen LogP contribution in [0.5, 0.6) is 0 Å². The molecule has 1 aliphatic carbocycles. The minimum absolute atomic E-state index is 0.0789. The molecule has 102 valence electrons. The summed E-state index contributed by atoms with van der Waals surface area (Å²) >= 11 is 0. The summed E-state index contributed by atoms with van der Waals surface area (Å²) in [6.07, 6.45) is 3.05. The SMILES string of the molecule is COC(=O)c1ccc(NC(=O)C2CCC(C)C2)cc1. The fourth-order valence-corrected chi connectivity index (χ4v) is 2.50. The molecule has 0 radical (unpaired) electrons. The molecule has 1 amide bonds. The molecule has 1 N–H and O–H groups in total. The average Bonchev–Trinajstić information content (AvgIpc) is 2.85. The first-order valence-electron chi connectivity index (χ1n) is 6.59. The Labute approximate surface area is 113 Å². The van der Waals surface area contributed by atoms with Crippen molar-refractivity contribution >= 4 is 17.6 Å². The van der Waals surface area contributed by atoms with Crippen molar-refractivity contribution in [3.05, 3.63) is 29.8 Å². The zero-order valence-corrected chi connectivity index (χ0v) is 11.3. The fraction of sp³-hybridized carbons (Fsp3) is 0.467. The Morgan fingerprint density at radius 3 is 2.42 bits per heavy atom. The van der Waals surface area contributed by atoms with Crippen LogP contribution in [0.2, 0.25) is 0 Å². The van der Waals surface area contributed by atoms with Gasteiger partial charge in [0.25, 0.3) is 0 Å². The standard InChI is InChI=1S/C15H19NO3/c1-10-3-4-12(9-10)14(17)16-13-7-5-11(6-8-13)15(18)19-2/h5-8,10,12H,3-4,9H2,1-2H3,(H,16,17). The van der Waals surface area contributed by atoms with Gasteiger partial charge in [0.1, 0.15) is 0 Å². The molecule has 0 saturated heterocycles. The van der Waals surface area contributed by atoms with E-state index in [1.807, 2.05) is 0 Å². The largest absolute Gasteiger partial charge is 0.465 e. The first kappa shape index (κ1) is 13.6. The number of nitrogens with one attached hydrogen (secondary N) is 1. The van der Waals surface area contributed by atoms with Crippen LogP contribution in [-0.2, 0) is 9.53 Å². The molecule has 1 fully saturated rings. The molecule has 4 nitrogen and oxygen atoms in total. The van der Waals surface area contributed by atoms with Crippen LogP contribution >= 0.6 is 0 Å². The van der Waals surface area contributed by atoms with Gasteiger partial charge in [-0.2, -0.15) is 0 Å². The van der Waals surface area contributed by atoms with Gasteiger partial charge in [0.05, 0.1) is 12.7 Å². The molecule has 2 unspecified atom stereocenters. The summed E-state index contributed by atoms with van der Waals surface area (Å²) in [5.74, 6) is 0.463. The number of hydrogen-bond acceptors (Lipinski definition) is 3. The number of amides is 1. The predicted octanol–water partition coefficient (Wildman–Crippen LogP) is 2.85. The highest BCUT2D eigenvalue weighted by Crippen LogP contribution is 2.31. The maximum absolute atomic E-state index is 12.0. The zero-order valence-electron chi connectivity index (χ0n) is 11.3. The Hall–Kier alpha value is -1.84. The van der Waals surface area contributed by atoms with Crippen molar-refractivity contribution in [1.82, 2.24) is 0 Å². The van der Waals surface area contributed by atoms with Gasteiger partial charge in [-0.15, -0.1) is 0 Å². The summed E-state index contributed by atoms with van der Waals surface area (Å²) in [6, 6.07) is 6.75. The molecule has 0 heterocycles. The van der Waals surface area contributed by atoms with Gasteiger partial charge in [0.2, 0.25) is 5.91 Å². The van der Waals surface area contributed by atoms with Crippen molar-refractivity contribution < 1.29 is 14.3 Å². The Kier molecular flexibility index (Phi) is 4.20. The highest BCUT2D eigenvalue weighted by atomic mass is 16.5. The molecule has 19 heavy (non-hydrogen) atoms. The van der Waals surface area contributed by atoms with Gasteiger partial charge in [0, 0.05) is 11.6 Å². The van der Waals surface area contributed by atoms with Gasteiger partial charge in [-0.25, -0.2) is 4.79 Å². The van der Waals surface area contributed by atoms with Crippen LogP contribution in [0.3, 0.4) is 0 Å². The number of rotatable bonds is 3. The molecule has 2 rings (SSSR count). The van der Waals surface area contributed by atoms with Gasteiger partial charge in [-0.05, 0) is 49.4 Å². The summed E-state index contributed by atoms with van der Waals surface area (Å²) in [5, 5.41) is 2.90. The van der Waals surface area contributed by atoms with Gasteiger partial charge in [-0.3, -0.25) is 4.79 Å². The summed E-state index contributed by atoms with van der Waals surface area (Å²) in [5.41, 5.74) is 1.20. The highest BCUT2D eigenvalue weighted by Gasteiger charge is 2.27. The van der Waals surface area contributed by atoms with Gasteiger partial charge >= 0.3 is 5.97 Å². The molecule has 0 bridgehead atoms. The summed E-state index contributed by atoms with van der Waals surface area (Å²) in [4.78, 5) is 23.3. The van der Waals surface area contributed by atoms with Crippen LogP contribution in [0.4, 0.5) is 5.69 Å². The number of carbonyl (C=O) groups excluding carboxylic acids is 2. The normalized spacial score (nSPS) is 22.0. The highest BCUT2D eigenvalue weighted by molar-refractivity contribution is 5.94. The minimum Gasteiger partial charge on any atom is -0.465 e. The maximum Gasteiger partial charge on any atom is 0.337 e. The Morgan fingerprint density at radius 1 is 1.21 bits per heavy atom. The molecule has 1 aromatic rings. The van der Waals surface area contributed by atoms with E-state index in [1.54, 1.807) is 24.3 Å². The minimum atomic E-state index is -0.373. The third-order valence-electron chi connectivity index (χ3n) is 3.64. The number of anilines is 1. The van der Waals surface area contributed by atoms with Crippen molar-refractivity contribution in [2.75, 3.05) is 12.4 Å². The second-order valence-corrected chi connectivity index (χ2v) is 5.17. The van der Waals surface area contributed by atoms with Crippen molar-refractivity contribution in [1.29, 1.82) is 0 Å². The summed E-state index contributed by atoms with van der Waals surface area (Å²) < 4.78 is 4.62. The second kappa shape index (κ2) is 5.87. The smallest absolute Gasteiger partial charge is 0.337 e. The lowest BCUT2D eigenvalue weighted by Crippen LogP contribution is -2.20. The summed E-state index contributed by atoms with van der Waals surface area (Å²) in [7, 11) is 1.35. The van der Waals surface area contributed by atoms with Crippen LogP contribution in [-0.4, -0.2) is 19.0 Å². The lowest BCUT2D eigenvalue weighted by atomic mass is 10.1. The number of carbonyl (C=O) groups is 2. The molecule has 0 aromatic heterocycles. The molecular weight excluding hydrogens is 242 g/mol. The van der Waals surface area contributed by atoms with Crippen LogP contribution in [0, 0.1) is 11.8 Å². The first-order valence-corrected chi connectivity index (χ1v) is 6.59. The van der Waals surface area contributed by atoms with Crippen LogP contribution < -0.4 is 5.32 Å². The van der Waals surface area contributed by atoms with Crippen LogP contribution in [0.25, 0.3) is 0 Å². The third kappa shape index (κ3) is 3.34. The maximum atomic E-state index is 12.0. The van der Waals surface area contributed by atoms with Crippen LogP contribution in [0.1, 0.15) is 36.5 Å². The first-order chi connectivity index (χ1) is 9.10. The number of methoxy groups -OCH3 is 1. The molecule has 1 aromatic carbocycles. The molecule has 0 spiro atoms. The molecule has 4 heteroatoms. The van der Waals surface area contributed by atoms with E-state index in [-0.39, 0.29) is 17.8 Å². The zero-order chi connectivity index (χ0) is 13.8. The lowest BCUT2D eigenvalue weighted by Gasteiger charge is -2.11. The van der Waals surface area contributed by atoms with E-state index in [1.165, 1.54) is 7.11 Å². The van der Waals surface area contributed by atoms with E-state index in [0.717, 1.165) is 24.9 Å². The van der Waals surface area contributed by atoms with Crippen molar-refractivity contribution in [2.45, 2.75) is 26.2 Å². The van der Waals surface area contributed by atoms with E-state index in [4.69, 9.17) is 0 Å². The molecule has 0 aliphatic heterocycles. The third-order valence-corrected chi connectivity index (χ3v) is 3.64. The van der Waals surface area contributed by atoms with Crippen molar-refractivity contribution in [2.24, 2.45) is 11.8 Å². The molecular formula is C15H19NO3. The van der Waals surface area contributed by atoms with E-state index < -0.39 is 0 Å².